The molecule has 2 aliphatic rings. The highest BCUT2D eigenvalue weighted by Gasteiger charge is 2.20. The Bertz CT molecular complexity index is 752. The van der Waals surface area contributed by atoms with Crippen molar-refractivity contribution in [2.24, 2.45) is 10.9 Å². The Morgan fingerprint density at radius 3 is 2.84 bits per heavy atom. The van der Waals surface area contributed by atoms with Crippen LogP contribution in [0.2, 0.25) is 0 Å². The summed E-state index contributed by atoms with van der Waals surface area (Å²) in [6.07, 6.45) is 5.63. The standard InChI is InChI=1S/C24H38N4O4/c1-3-18(2)27-23(29)10-12-26-24(25-11-4-13-30-17-19-6-7-19)28-20-8-9-21-22(16-20)32-15-5-14-31-21/h8-9,16,18-19H,3-7,10-15,17H2,1-2H3,(H,27,29)(H2,25,26,28). The highest BCUT2D eigenvalue weighted by molar-refractivity contribution is 5.94. The molecule has 0 radical (unpaired) electrons. The smallest absolute Gasteiger partial charge is 0.221 e. The first-order chi connectivity index (χ1) is 15.6. The van der Waals surface area contributed by atoms with Crippen LogP contribution in [0, 0.1) is 5.92 Å². The van der Waals surface area contributed by atoms with Gasteiger partial charge in [0.2, 0.25) is 5.91 Å². The van der Waals surface area contributed by atoms with Gasteiger partial charge in [0.15, 0.2) is 17.5 Å². The molecule has 3 N–H and O–H groups in total. The van der Waals surface area contributed by atoms with Gasteiger partial charge in [0.1, 0.15) is 0 Å². The predicted octanol–water partition coefficient (Wildman–Crippen LogP) is 3.33. The van der Waals surface area contributed by atoms with Gasteiger partial charge in [0, 0.05) is 56.9 Å². The van der Waals surface area contributed by atoms with E-state index in [0.29, 0.717) is 45.3 Å². The number of rotatable bonds is 12. The minimum atomic E-state index is 0.0373. The van der Waals surface area contributed by atoms with E-state index in [-0.39, 0.29) is 11.9 Å². The maximum Gasteiger partial charge on any atom is 0.221 e. The Kier molecular flexibility index (Phi) is 9.94. The van der Waals surface area contributed by atoms with Crippen LogP contribution in [0.15, 0.2) is 23.2 Å². The molecule has 1 aliphatic heterocycles. The Labute approximate surface area is 191 Å². The predicted molar refractivity (Wildman–Crippen MR) is 127 cm³/mol. The first-order valence-electron chi connectivity index (χ1n) is 12.0. The molecular weight excluding hydrogens is 408 g/mol. The fourth-order valence-electron chi connectivity index (χ4n) is 3.15. The Balaban J connectivity index is 1.52. The van der Waals surface area contributed by atoms with Gasteiger partial charge >= 0.3 is 0 Å². The van der Waals surface area contributed by atoms with Crippen LogP contribution < -0.4 is 25.4 Å². The second-order valence-electron chi connectivity index (χ2n) is 8.49. The van der Waals surface area contributed by atoms with E-state index in [2.05, 4.69) is 27.9 Å². The third kappa shape index (κ3) is 8.94. The van der Waals surface area contributed by atoms with E-state index in [4.69, 9.17) is 14.2 Å². The van der Waals surface area contributed by atoms with Crippen molar-refractivity contribution in [2.75, 3.05) is 44.8 Å². The quantitative estimate of drug-likeness (QED) is 0.259. The van der Waals surface area contributed by atoms with E-state index < -0.39 is 0 Å². The number of nitrogens with one attached hydrogen (secondary N) is 3. The molecule has 3 rings (SSSR count). The van der Waals surface area contributed by atoms with Crippen molar-refractivity contribution < 1.29 is 19.0 Å². The van der Waals surface area contributed by atoms with Gasteiger partial charge in [-0.1, -0.05) is 6.92 Å². The van der Waals surface area contributed by atoms with Crippen molar-refractivity contribution >= 4 is 17.6 Å². The molecule has 1 aliphatic carbocycles. The van der Waals surface area contributed by atoms with E-state index in [1.54, 1.807) is 0 Å². The first kappa shape index (κ1) is 24.2. The molecule has 0 spiro atoms. The number of hydrogen-bond acceptors (Lipinski definition) is 5. The summed E-state index contributed by atoms with van der Waals surface area (Å²) < 4.78 is 17.2. The summed E-state index contributed by atoms with van der Waals surface area (Å²) in [5.41, 5.74) is 0.856. The number of benzene rings is 1. The number of aliphatic imine (C=N–C) groups is 1. The lowest BCUT2D eigenvalue weighted by molar-refractivity contribution is -0.121. The van der Waals surface area contributed by atoms with Gasteiger partial charge in [-0.3, -0.25) is 9.79 Å². The van der Waals surface area contributed by atoms with Crippen LogP contribution in [0.4, 0.5) is 5.69 Å². The second kappa shape index (κ2) is 13.2. The van der Waals surface area contributed by atoms with Crippen LogP contribution in [0.3, 0.4) is 0 Å². The van der Waals surface area contributed by atoms with Crippen LogP contribution in [0.5, 0.6) is 11.5 Å². The van der Waals surface area contributed by atoms with Crippen molar-refractivity contribution in [3.05, 3.63) is 18.2 Å². The average Bonchev–Trinajstić information content (AvgIpc) is 3.62. The van der Waals surface area contributed by atoms with Crippen LogP contribution in [-0.4, -0.2) is 57.4 Å². The van der Waals surface area contributed by atoms with Crippen molar-refractivity contribution in [1.29, 1.82) is 0 Å². The molecule has 1 atom stereocenters. The number of anilines is 1. The van der Waals surface area contributed by atoms with Crippen molar-refractivity contribution in [3.8, 4) is 11.5 Å². The third-order valence-electron chi connectivity index (χ3n) is 5.44. The molecule has 1 saturated carbocycles. The number of guanidine groups is 1. The van der Waals surface area contributed by atoms with Crippen molar-refractivity contribution in [3.63, 3.8) is 0 Å². The normalized spacial score (nSPS) is 16.8. The fourth-order valence-corrected chi connectivity index (χ4v) is 3.15. The molecule has 32 heavy (non-hydrogen) atoms. The van der Waals surface area contributed by atoms with Crippen LogP contribution in [-0.2, 0) is 9.53 Å². The maximum atomic E-state index is 12.1. The van der Waals surface area contributed by atoms with E-state index in [9.17, 15) is 4.79 Å². The zero-order chi connectivity index (χ0) is 22.6. The maximum absolute atomic E-state index is 12.1. The molecule has 1 heterocycles. The zero-order valence-corrected chi connectivity index (χ0v) is 19.5. The van der Waals surface area contributed by atoms with Crippen molar-refractivity contribution in [2.45, 2.75) is 58.4 Å². The molecule has 1 aromatic carbocycles. The number of carbonyl (C=O) groups excluding carboxylic acids is 1. The Hall–Kier alpha value is -2.48. The lowest BCUT2D eigenvalue weighted by Crippen LogP contribution is -2.37. The minimum absolute atomic E-state index is 0.0373. The topological polar surface area (TPSA) is 93.2 Å². The van der Waals surface area contributed by atoms with E-state index in [1.165, 1.54) is 12.8 Å². The SMILES string of the molecule is CCC(C)NC(=O)CCNC(=NCCCOCC1CC1)Nc1ccc2c(c1)OCCCO2. The van der Waals surface area contributed by atoms with Gasteiger partial charge < -0.3 is 30.2 Å². The molecular formula is C24H38N4O4. The molecule has 8 nitrogen and oxygen atoms in total. The lowest BCUT2D eigenvalue weighted by Gasteiger charge is -2.15. The van der Waals surface area contributed by atoms with Gasteiger partial charge in [0.25, 0.3) is 0 Å². The van der Waals surface area contributed by atoms with Gasteiger partial charge in [0.05, 0.1) is 13.2 Å². The summed E-state index contributed by atoms with van der Waals surface area (Å²) in [5.74, 6) is 2.94. The summed E-state index contributed by atoms with van der Waals surface area (Å²) >= 11 is 0. The Morgan fingerprint density at radius 1 is 1.25 bits per heavy atom. The van der Waals surface area contributed by atoms with Crippen LogP contribution >= 0.6 is 0 Å². The molecule has 0 bridgehead atoms. The lowest BCUT2D eigenvalue weighted by atomic mass is 10.2. The highest BCUT2D eigenvalue weighted by atomic mass is 16.5. The molecule has 1 amide bonds. The van der Waals surface area contributed by atoms with Crippen LogP contribution in [0.1, 0.15) is 52.4 Å². The number of hydrogen-bond donors (Lipinski definition) is 3. The number of carbonyl (C=O) groups is 1. The molecule has 1 fully saturated rings. The van der Waals surface area contributed by atoms with Gasteiger partial charge in [-0.25, -0.2) is 0 Å². The Morgan fingerprint density at radius 2 is 2.06 bits per heavy atom. The molecule has 178 valence electrons. The van der Waals surface area contributed by atoms with Gasteiger partial charge in [-0.15, -0.1) is 0 Å². The molecule has 8 heteroatoms. The minimum Gasteiger partial charge on any atom is -0.490 e. The average molecular weight is 447 g/mol. The number of amides is 1. The van der Waals surface area contributed by atoms with E-state index >= 15 is 0 Å². The third-order valence-corrected chi connectivity index (χ3v) is 5.44. The van der Waals surface area contributed by atoms with Crippen molar-refractivity contribution in [1.82, 2.24) is 10.6 Å². The second-order valence-corrected chi connectivity index (χ2v) is 8.49. The van der Waals surface area contributed by atoms with Crippen LogP contribution in [0.25, 0.3) is 0 Å². The summed E-state index contributed by atoms with van der Waals surface area (Å²) in [6.45, 7) is 8.10. The number of nitrogens with zero attached hydrogens (tertiary/aromatic N) is 1. The van der Waals surface area contributed by atoms with Gasteiger partial charge in [-0.05, 0) is 50.7 Å². The molecule has 0 saturated heterocycles. The summed E-state index contributed by atoms with van der Waals surface area (Å²) in [6, 6.07) is 5.96. The molecule has 1 unspecified atom stereocenters. The number of fused-ring (bicyclic) bond motifs is 1. The van der Waals surface area contributed by atoms with E-state index in [0.717, 1.165) is 49.0 Å². The zero-order valence-electron chi connectivity index (χ0n) is 19.5. The van der Waals surface area contributed by atoms with E-state index in [1.807, 2.05) is 25.1 Å². The van der Waals surface area contributed by atoms with Gasteiger partial charge in [-0.2, -0.15) is 0 Å². The summed E-state index contributed by atoms with van der Waals surface area (Å²) in [7, 11) is 0. The highest BCUT2D eigenvalue weighted by Crippen LogP contribution is 2.32. The monoisotopic (exact) mass is 446 g/mol. The molecule has 0 aromatic heterocycles. The summed E-state index contributed by atoms with van der Waals surface area (Å²) in [5, 5.41) is 9.58. The number of ether oxygens (including phenoxy) is 3. The summed E-state index contributed by atoms with van der Waals surface area (Å²) in [4.78, 5) is 16.7. The first-order valence-corrected chi connectivity index (χ1v) is 12.0. The molecule has 1 aromatic rings. The largest absolute Gasteiger partial charge is 0.490 e. The fraction of sp³-hybridized carbons (Fsp3) is 0.667.